The molecule has 0 heterocycles. The molecule has 0 saturated heterocycles. The summed E-state index contributed by atoms with van der Waals surface area (Å²) in [4.78, 5) is 0. The fourth-order valence-corrected chi connectivity index (χ4v) is 3.17. The lowest BCUT2D eigenvalue weighted by atomic mass is 10.1. The molecule has 24 heavy (non-hydrogen) atoms. The van der Waals surface area contributed by atoms with E-state index in [-0.39, 0.29) is 5.17 Å². The molecular formula is C18H19BrClNO2S. The maximum Gasteiger partial charge on any atom is 0.260 e. The largest absolute Gasteiger partial charge is 0.488 e. The molecule has 0 fully saturated rings. The molecule has 0 aliphatic heterocycles. The Balaban J connectivity index is 2.23. The topological polar surface area (TPSA) is 30.5 Å². The van der Waals surface area contributed by atoms with Crippen LogP contribution >= 0.6 is 39.7 Å². The Morgan fingerprint density at radius 3 is 2.75 bits per heavy atom. The number of nitrogens with one attached hydrogen (secondary N) is 1. The summed E-state index contributed by atoms with van der Waals surface area (Å²) in [5.74, 6) is 0.782. The van der Waals surface area contributed by atoms with Gasteiger partial charge in [-0.05, 0) is 76.9 Å². The van der Waals surface area contributed by atoms with Gasteiger partial charge in [-0.1, -0.05) is 24.6 Å². The highest BCUT2D eigenvalue weighted by Crippen LogP contribution is 2.32. The Bertz CT molecular complexity index is 752. The van der Waals surface area contributed by atoms with Gasteiger partial charge in [0.25, 0.3) is 5.17 Å². The van der Waals surface area contributed by atoms with E-state index in [1.165, 1.54) is 18.2 Å². The maximum absolute atomic E-state index is 6.33. The zero-order valence-corrected chi connectivity index (χ0v) is 16.9. The molecule has 128 valence electrons. The summed E-state index contributed by atoms with van der Waals surface area (Å²) in [6.45, 7) is 4.53. The third-order valence-electron chi connectivity index (χ3n) is 3.68. The van der Waals surface area contributed by atoms with Crippen molar-refractivity contribution in [2.45, 2.75) is 26.9 Å². The Hall–Kier alpha value is -1.30. The van der Waals surface area contributed by atoms with Gasteiger partial charge in [-0.25, -0.2) is 0 Å². The van der Waals surface area contributed by atoms with Crippen molar-refractivity contribution < 1.29 is 9.47 Å². The average Bonchev–Trinajstić information content (AvgIpc) is 2.56. The van der Waals surface area contributed by atoms with Crippen molar-refractivity contribution in [1.29, 1.82) is 0 Å². The van der Waals surface area contributed by atoms with Crippen LogP contribution in [0.2, 0.25) is 5.02 Å². The van der Waals surface area contributed by atoms with Crippen LogP contribution in [0.15, 0.2) is 34.8 Å². The van der Waals surface area contributed by atoms with E-state index < -0.39 is 0 Å². The molecule has 0 aliphatic carbocycles. The Labute approximate surface area is 161 Å². The van der Waals surface area contributed by atoms with E-state index in [2.05, 4.69) is 41.2 Å². The summed E-state index contributed by atoms with van der Waals surface area (Å²) in [6, 6.07) is 9.68. The van der Waals surface area contributed by atoms with Crippen LogP contribution in [0.3, 0.4) is 0 Å². The highest BCUT2D eigenvalue weighted by Gasteiger charge is 2.12. The minimum Gasteiger partial charge on any atom is -0.488 e. The highest BCUT2D eigenvalue weighted by molar-refractivity contribution is 9.10. The molecule has 0 aliphatic rings. The first-order valence-electron chi connectivity index (χ1n) is 7.50. The van der Waals surface area contributed by atoms with Gasteiger partial charge in [-0.15, -0.1) is 0 Å². The predicted molar refractivity (Wildman–Crippen MR) is 107 cm³/mol. The number of benzene rings is 2. The zero-order chi connectivity index (χ0) is 17.7. The van der Waals surface area contributed by atoms with Crippen LogP contribution in [0.1, 0.15) is 23.6 Å². The van der Waals surface area contributed by atoms with Crippen LogP contribution in [-0.4, -0.2) is 12.3 Å². The quantitative estimate of drug-likeness (QED) is 0.601. The summed E-state index contributed by atoms with van der Waals surface area (Å²) in [6.07, 6.45) is 0.984. The molecule has 0 bridgehead atoms. The number of halogens is 2. The van der Waals surface area contributed by atoms with Crippen LogP contribution in [-0.2, 0) is 17.8 Å². The minimum atomic E-state index is 0.280. The first kappa shape index (κ1) is 19.0. The van der Waals surface area contributed by atoms with Crippen LogP contribution in [0.4, 0.5) is 5.69 Å². The van der Waals surface area contributed by atoms with Crippen molar-refractivity contribution in [3.05, 3.63) is 56.5 Å². The Morgan fingerprint density at radius 2 is 2.08 bits per heavy atom. The molecule has 6 heteroatoms. The fourth-order valence-electron chi connectivity index (χ4n) is 2.32. The van der Waals surface area contributed by atoms with Crippen LogP contribution < -0.4 is 10.1 Å². The van der Waals surface area contributed by atoms with Crippen molar-refractivity contribution >= 4 is 50.6 Å². The fraction of sp³-hybridized carbons (Fsp3) is 0.278. The monoisotopic (exact) mass is 427 g/mol. The summed E-state index contributed by atoms with van der Waals surface area (Å²) in [5.41, 5.74) is 4.09. The van der Waals surface area contributed by atoms with Gasteiger partial charge < -0.3 is 14.8 Å². The van der Waals surface area contributed by atoms with E-state index in [0.29, 0.717) is 11.6 Å². The second kappa shape index (κ2) is 8.70. The van der Waals surface area contributed by atoms with Gasteiger partial charge in [0.1, 0.15) is 12.4 Å². The lowest BCUT2D eigenvalue weighted by molar-refractivity contribution is 0.304. The highest BCUT2D eigenvalue weighted by atomic mass is 79.9. The normalized spacial score (nSPS) is 10.4. The van der Waals surface area contributed by atoms with Crippen LogP contribution in [0.25, 0.3) is 0 Å². The number of hydrogen-bond donors (Lipinski definition) is 1. The van der Waals surface area contributed by atoms with Crippen LogP contribution in [0, 0.1) is 6.92 Å². The summed E-state index contributed by atoms with van der Waals surface area (Å²) < 4.78 is 11.9. The molecule has 0 saturated carbocycles. The van der Waals surface area contributed by atoms with Gasteiger partial charge in [0.2, 0.25) is 0 Å². The smallest absolute Gasteiger partial charge is 0.260 e. The van der Waals surface area contributed by atoms with Crippen molar-refractivity contribution in [2.24, 2.45) is 0 Å². The van der Waals surface area contributed by atoms with Gasteiger partial charge in [-0.2, -0.15) is 0 Å². The average molecular weight is 429 g/mol. The number of methoxy groups -OCH3 is 1. The van der Waals surface area contributed by atoms with Gasteiger partial charge >= 0.3 is 0 Å². The summed E-state index contributed by atoms with van der Waals surface area (Å²) in [7, 11) is 1.52. The van der Waals surface area contributed by atoms with E-state index in [9.17, 15) is 0 Å². The van der Waals surface area contributed by atoms with Crippen molar-refractivity contribution in [3.63, 3.8) is 0 Å². The SMILES string of the molecule is CCc1cc(Br)c(OCc2c(Cl)cccc2NC(=S)OC)cc1C. The summed E-state index contributed by atoms with van der Waals surface area (Å²) >= 11 is 15.0. The van der Waals surface area contributed by atoms with Gasteiger partial charge in [0, 0.05) is 16.3 Å². The molecular weight excluding hydrogens is 410 g/mol. The second-order valence-electron chi connectivity index (χ2n) is 5.23. The van der Waals surface area contributed by atoms with E-state index in [0.717, 1.165) is 27.9 Å². The molecule has 0 atom stereocenters. The first-order chi connectivity index (χ1) is 11.5. The molecule has 2 aromatic carbocycles. The third-order valence-corrected chi connectivity index (χ3v) is 4.93. The molecule has 1 N–H and O–H groups in total. The van der Waals surface area contributed by atoms with Gasteiger partial charge in [0.05, 0.1) is 11.6 Å². The zero-order valence-electron chi connectivity index (χ0n) is 13.8. The summed E-state index contributed by atoms with van der Waals surface area (Å²) in [5, 5.41) is 3.90. The van der Waals surface area contributed by atoms with E-state index in [1.54, 1.807) is 0 Å². The minimum absolute atomic E-state index is 0.280. The molecule has 0 spiro atoms. The van der Waals surface area contributed by atoms with Crippen molar-refractivity contribution in [3.8, 4) is 5.75 Å². The molecule has 0 unspecified atom stereocenters. The third kappa shape index (κ3) is 4.62. The van der Waals surface area contributed by atoms with E-state index >= 15 is 0 Å². The molecule has 2 aromatic rings. The lowest BCUT2D eigenvalue weighted by Crippen LogP contribution is -2.13. The Morgan fingerprint density at radius 1 is 1.33 bits per heavy atom. The molecule has 0 aromatic heterocycles. The van der Waals surface area contributed by atoms with Crippen LogP contribution in [0.5, 0.6) is 5.75 Å². The number of thiocarbonyl (C=S) groups is 1. The van der Waals surface area contributed by atoms with Crippen molar-refractivity contribution in [1.82, 2.24) is 0 Å². The van der Waals surface area contributed by atoms with E-state index in [1.807, 2.05) is 24.3 Å². The Kier molecular flexibility index (Phi) is 6.90. The number of anilines is 1. The number of aryl methyl sites for hydroxylation is 2. The second-order valence-corrected chi connectivity index (χ2v) is 6.87. The molecule has 2 rings (SSSR count). The predicted octanol–water partition coefficient (Wildman–Crippen LogP) is 5.90. The number of hydrogen-bond acceptors (Lipinski definition) is 3. The van der Waals surface area contributed by atoms with Crippen molar-refractivity contribution in [2.75, 3.05) is 12.4 Å². The first-order valence-corrected chi connectivity index (χ1v) is 9.08. The van der Waals surface area contributed by atoms with Gasteiger partial charge in [0.15, 0.2) is 0 Å². The van der Waals surface area contributed by atoms with E-state index in [4.69, 9.17) is 33.3 Å². The standard InChI is InChI=1S/C18H19BrClNO2S/c1-4-12-9-14(19)17(8-11(12)2)23-10-13-15(20)6-5-7-16(13)21-18(24)22-3/h5-9H,4,10H2,1-3H3,(H,21,24). The van der Waals surface area contributed by atoms with Gasteiger partial charge in [-0.3, -0.25) is 0 Å². The maximum atomic E-state index is 6.33. The number of rotatable bonds is 5. The molecule has 0 amide bonds. The molecule has 3 nitrogen and oxygen atoms in total. The molecule has 0 radical (unpaired) electrons. The number of ether oxygens (including phenoxy) is 2. The lowest BCUT2D eigenvalue weighted by Gasteiger charge is -2.16.